The van der Waals surface area contributed by atoms with Crippen LogP contribution in [0.5, 0.6) is 0 Å². The molecule has 0 aromatic carbocycles. The van der Waals surface area contributed by atoms with Crippen molar-refractivity contribution in [2.45, 2.75) is 51.2 Å². The highest BCUT2D eigenvalue weighted by molar-refractivity contribution is 8.00. The molecule has 2 heterocycles. The number of hydrogen-bond donors (Lipinski definition) is 0. The monoisotopic (exact) mass is 320 g/mol. The summed E-state index contributed by atoms with van der Waals surface area (Å²) < 4.78 is 0.298. The lowest BCUT2D eigenvalue weighted by Crippen LogP contribution is -2.28. The van der Waals surface area contributed by atoms with Crippen LogP contribution in [0.3, 0.4) is 0 Å². The smallest absolute Gasteiger partial charge is 0.222 e. The lowest BCUT2D eigenvalue weighted by atomic mass is 10.00. The van der Waals surface area contributed by atoms with Crippen LogP contribution in [0.2, 0.25) is 0 Å². The molecular formula is C18H28N2OS. The fourth-order valence-corrected chi connectivity index (χ4v) is 3.74. The topological polar surface area (TPSA) is 33.2 Å². The van der Waals surface area contributed by atoms with Crippen molar-refractivity contribution in [1.29, 1.82) is 0 Å². The number of amides is 1. The molecule has 2 rings (SSSR count). The van der Waals surface area contributed by atoms with Crippen LogP contribution >= 0.6 is 11.8 Å². The van der Waals surface area contributed by atoms with Crippen molar-refractivity contribution in [3.63, 3.8) is 0 Å². The molecule has 1 aliphatic rings. The maximum Gasteiger partial charge on any atom is 0.222 e. The van der Waals surface area contributed by atoms with E-state index in [1.54, 1.807) is 0 Å². The number of hydrogen-bond acceptors (Lipinski definition) is 3. The van der Waals surface area contributed by atoms with Crippen LogP contribution in [-0.4, -0.2) is 39.4 Å². The molecule has 1 atom stereocenters. The fourth-order valence-electron chi connectivity index (χ4n) is 2.84. The van der Waals surface area contributed by atoms with E-state index in [0.717, 1.165) is 38.1 Å². The Morgan fingerprint density at radius 3 is 2.77 bits per heavy atom. The number of likely N-dealkylation sites (tertiary alicyclic amines) is 1. The molecule has 0 spiro atoms. The molecule has 4 heteroatoms. The molecule has 1 aliphatic heterocycles. The average molecular weight is 321 g/mol. The van der Waals surface area contributed by atoms with Crippen molar-refractivity contribution in [3.8, 4) is 0 Å². The molecule has 3 nitrogen and oxygen atoms in total. The zero-order chi connectivity index (χ0) is 16.0. The predicted octanol–water partition coefficient (Wildman–Crippen LogP) is 3.78. The van der Waals surface area contributed by atoms with Crippen molar-refractivity contribution in [3.05, 3.63) is 30.1 Å². The molecule has 0 radical (unpaired) electrons. The van der Waals surface area contributed by atoms with Crippen molar-refractivity contribution in [1.82, 2.24) is 9.88 Å². The molecule has 1 amide bonds. The summed E-state index contributed by atoms with van der Waals surface area (Å²) in [7, 11) is 0. The van der Waals surface area contributed by atoms with E-state index in [-0.39, 0.29) is 0 Å². The van der Waals surface area contributed by atoms with E-state index < -0.39 is 0 Å². The second-order valence-corrected chi connectivity index (χ2v) is 9.04. The summed E-state index contributed by atoms with van der Waals surface area (Å²) in [6.07, 6.45) is 7.58. The molecule has 0 bridgehead atoms. The number of aromatic nitrogens is 1. The molecule has 1 saturated heterocycles. The van der Waals surface area contributed by atoms with Gasteiger partial charge in [-0.1, -0.05) is 20.8 Å². The van der Waals surface area contributed by atoms with Crippen molar-refractivity contribution < 1.29 is 4.79 Å². The molecule has 0 aliphatic carbocycles. The lowest BCUT2D eigenvalue weighted by Gasteiger charge is -2.19. The van der Waals surface area contributed by atoms with Crippen LogP contribution in [-0.2, 0) is 11.2 Å². The van der Waals surface area contributed by atoms with Gasteiger partial charge in [0.1, 0.15) is 0 Å². The van der Waals surface area contributed by atoms with Gasteiger partial charge in [-0.15, -0.1) is 0 Å². The highest BCUT2D eigenvalue weighted by Crippen LogP contribution is 2.25. The van der Waals surface area contributed by atoms with Gasteiger partial charge >= 0.3 is 0 Å². The van der Waals surface area contributed by atoms with E-state index in [0.29, 0.717) is 23.0 Å². The first-order valence-electron chi connectivity index (χ1n) is 8.25. The third-order valence-corrected chi connectivity index (χ3v) is 5.34. The van der Waals surface area contributed by atoms with Gasteiger partial charge in [-0.05, 0) is 48.6 Å². The number of pyridine rings is 1. The molecule has 1 fully saturated rings. The van der Waals surface area contributed by atoms with Gasteiger partial charge in [-0.3, -0.25) is 9.78 Å². The Labute approximate surface area is 138 Å². The summed E-state index contributed by atoms with van der Waals surface area (Å²) in [4.78, 5) is 18.4. The SMILES string of the molecule is CC(C)(C)SCCCC(=O)N1CC[C@H](Cc2ccncc2)C1. The van der Waals surface area contributed by atoms with Crippen molar-refractivity contribution >= 4 is 17.7 Å². The normalized spacial score (nSPS) is 18.7. The Balaban J connectivity index is 1.68. The quantitative estimate of drug-likeness (QED) is 0.748. The molecule has 0 saturated carbocycles. The van der Waals surface area contributed by atoms with E-state index in [9.17, 15) is 4.79 Å². The number of rotatable bonds is 6. The molecule has 0 N–H and O–H groups in total. The largest absolute Gasteiger partial charge is 0.342 e. The van der Waals surface area contributed by atoms with Crippen molar-refractivity contribution in [2.24, 2.45) is 5.92 Å². The number of thioether (sulfide) groups is 1. The summed E-state index contributed by atoms with van der Waals surface area (Å²) in [6, 6.07) is 4.16. The van der Waals surface area contributed by atoms with Gasteiger partial charge in [0.05, 0.1) is 0 Å². The predicted molar refractivity (Wildman–Crippen MR) is 94.1 cm³/mol. The number of carbonyl (C=O) groups is 1. The third kappa shape index (κ3) is 5.99. The van der Waals surface area contributed by atoms with Crippen LogP contribution < -0.4 is 0 Å². The maximum absolute atomic E-state index is 12.3. The van der Waals surface area contributed by atoms with Crippen LogP contribution in [0.15, 0.2) is 24.5 Å². The molecule has 1 aromatic heterocycles. The third-order valence-electron chi connectivity index (χ3n) is 3.98. The standard InChI is InChI=1S/C18H28N2OS/c1-18(2,3)22-12-4-5-17(21)20-11-8-16(14-20)13-15-6-9-19-10-7-15/h6-7,9-10,16H,4-5,8,11-14H2,1-3H3/t16-/m1/s1. The Kier molecular flexibility index (Phi) is 6.30. The highest BCUT2D eigenvalue weighted by atomic mass is 32.2. The average Bonchev–Trinajstić information content (AvgIpc) is 2.92. The highest BCUT2D eigenvalue weighted by Gasteiger charge is 2.25. The zero-order valence-corrected chi connectivity index (χ0v) is 14.9. The van der Waals surface area contributed by atoms with Gasteiger partial charge in [0.15, 0.2) is 0 Å². The van der Waals surface area contributed by atoms with Crippen LogP contribution in [0.1, 0.15) is 45.6 Å². The first kappa shape index (κ1) is 17.3. The first-order chi connectivity index (χ1) is 10.4. The molecule has 1 aromatic rings. The van der Waals surface area contributed by atoms with Gasteiger partial charge in [-0.25, -0.2) is 0 Å². The van der Waals surface area contributed by atoms with E-state index in [2.05, 4.69) is 42.8 Å². The second kappa shape index (κ2) is 8.00. The molecule has 0 unspecified atom stereocenters. The Morgan fingerprint density at radius 1 is 1.36 bits per heavy atom. The summed E-state index contributed by atoms with van der Waals surface area (Å²) in [5, 5.41) is 0. The Bertz CT molecular complexity index is 470. The fraction of sp³-hybridized carbons (Fsp3) is 0.667. The first-order valence-corrected chi connectivity index (χ1v) is 9.23. The summed E-state index contributed by atoms with van der Waals surface area (Å²) in [5.74, 6) is 2.02. The summed E-state index contributed by atoms with van der Waals surface area (Å²) in [6.45, 7) is 8.53. The second-order valence-electron chi connectivity index (χ2n) is 7.12. The minimum absolute atomic E-state index is 0.298. The van der Waals surface area contributed by atoms with Crippen LogP contribution in [0.25, 0.3) is 0 Å². The minimum Gasteiger partial charge on any atom is -0.342 e. The lowest BCUT2D eigenvalue weighted by molar-refractivity contribution is -0.130. The Morgan fingerprint density at radius 2 is 2.09 bits per heavy atom. The van der Waals surface area contributed by atoms with Gasteiger partial charge in [-0.2, -0.15) is 11.8 Å². The maximum atomic E-state index is 12.3. The van der Waals surface area contributed by atoms with Gasteiger partial charge in [0.2, 0.25) is 5.91 Å². The van der Waals surface area contributed by atoms with Crippen molar-refractivity contribution in [2.75, 3.05) is 18.8 Å². The Hall–Kier alpha value is -1.03. The number of carbonyl (C=O) groups excluding carboxylic acids is 1. The molecule has 122 valence electrons. The summed E-state index contributed by atoms with van der Waals surface area (Å²) >= 11 is 1.94. The van der Waals surface area contributed by atoms with E-state index in [1.165, 1.54) is 5.56 Å². The molecular weight excluding hydrogens is 292 g/mol. The van der Waals surface area contributed by atoms with Gasteiger partial charge in [0, 0.05) is 36.7 Å². The molecule has 22 heavy (non-hydrogen) atoms. The van der Waals surface area contributed by atoms with Crippen LogP contribution in [0.4, 0.5) is 0 Å². The summed E-state index contributed by atoms with van der Waals surface area (Å²) in [5.41, 5.74) is 1.33. The number of nitrogens with zero attached hydrogens (tertiary/aromatic N) is 2. The van der Waals surface area contributed by atoms with Gasteiger partial charge in [0.25, 0.3) is 0 Å². The van der Waals surface area contributed by atoms with E-state index >= 15 is 0 Å². The van der Waals surface area contributed by atoms with E-state index in [4.69, 9.17) is 0 Å². The van der Waals surface area contributed by atoms with Gasteiger partial charge < -0.3 is 4.90 Å². The van der Waals surface area contributed by atoms with E-state index in [1.807, 2.05) is 24.2 Å². The zero-order valence-electron chi connectivity index (χ0n) is 14.0. The van der Waals surface area contributed by atoms with Crippen LogP contribution in [0, 0.1) is 5.92 Å². The minimum atomic E-state index is 0.298.